The second-order valence-corrected chi connectivity index (χ2v) is 13.8. The van der Waals surface area contributed by atoms with E-state index in [-0.39, 0.29) is 30.4 Å². The average molecular weight is 640 g/mol. The number of aliphatic hydroxyl groups is 1. The number of ether oxygens (including phenoxy) is 1. The van der Waals surface area contributed by atoms with Gasteiger partial charge in [-0.2, -0.15) is 0 Å². The maximum absolute atomic E-state index is 15.1. The van der Waals surface area contributed by atoms with Crippen LogP contribution in [0.3, 0.4) is 0 Å². The maximum Gasteiger partial charge on any atom is 0.248 e. The minimum atomic E-state index is -1.19. The number of likely N-dealkylation sites (tertiary alicyclic amines) is 1. The second-order valence-electron chi connectivity index (χ2n) is 13.8. The highest BCUT2D eigenvalue weighted by Crippen LogP contribution is 2.65. The van der Waals surface area contributed by atoms with E-state index >= 15 is 9.59 Å². The summed E-state index contributed by atoms with van der Waals surface area (Å²) in [5.41, 5.74) is -0.331. The summed E-state index contributed by atoms with van der Waals surface area (Å²) in [5.74, 6) is -2.24. The van der Waals surface area contributed by atoms with Gasteiger partial charge in [0.2, 0.25) is 17.7 Å². The van der Waals surface area contributed by atoms with E-state index in [1.807, 2.05) is 72.5 Å². The molecule has 2 aromatic rings. The molecule has 1 spiro atoms. The molecule has 3 heterocycles. The molecule has 1 saturated carbocycles. The molecular formula is C39H49N3O5. The van der Waals surface area contributed by atoms with Crippen LogP contribution in [-0.4, -0.2) is 80.5 Å². The number of fused-ring (bicyclic) bond motifs is 1. The number of amides is 3. The molecular weight excluding hydrogens is 590 g/mol. The normalized spacial score (nSPS) is 28.9. The van der Waals surface area contributed by atoms with Crippen LogP contribution in [-0.2, 0) is 25.7 Å². The number of carbonyl (C=O) groups is 3. The third kappa shape index (κ3) is 5.63. The highest BCUT2D eigenvalue weighted by molar-refractivity contribution is 5.99. The number of hydrogen-bond donors (Lipinski definition) is 1. The molecule has 250 valence electrons. The van der Waals surface area contributed by atoms with Crippen LogP contribution in [0.15, 0.2) is 86.0 Å². The first-order valence-electron chi connectivity index (χ1n) is 17.4. The molecule has 6 rings (SSSR count). The molecule has 3 aliphatic heterocycles. The molecule has 8 nitrogen and oxygen atoms in total. The highest BCUT2D eigenvalue weighted by Gasteiger charge is 2.79. The van der Waals surface area contributed by atoms with Gasteiger partial charge in [0.05, 0.1) is 30.1 Å². The minimum absolute atomic E-state index is 0.0380. The Morgan fingerprint density at radius 1 is 0.979 bits per heavy atom. The van der Waals surface area contributed by atoms with E-state index in [0.29, 0.717) is 38.9 Å². The van der Waals surface area contributed by atoms with Crippen molar-refractivity contribution in [1.82, 2.24) is 14.7 Å². The second kappa shape index (κ2) is 13.8. The van der Waals surface area contributed by atoms with E-state index < -0.39 is 35.1 Å². The third-order valence-electron chi connectivity index (χ3n) is 11.3. The molecule has 0 aromatic heterocycles. The summed E-state index contributed by atoms with van der Waals surface area (Å²) < 4.78 is 7.12. The van der Waals surface area contributed by atoms with Crippen molar-refractivity contribution in [3.05, 3.63) is 97.1 Å². The Morgan fingerprint density at radius 2 is 1.64 bits per heavy atom. The summed E-state index contributed by atoms with van der Waals surface area (Å²) in [6, 6.07) is 17.5. The van der Waals surface area contributed by atoms with Crippen LogP contribution in [0.2, 0.25) is 0 Å². The van der Waals surface area contributed by atoms with E-state index in [9.17, 15) is 9.90 Å². The van der Waals surface area contributed by atoms with E-state index in [1.54, 1.807) is 22.0 Å². The van der Waals surface area contributed by atoms with Crippen LogP contribution in [0.1, 0.15) is 75.5 Å². The Bertz CT molecular complexity index is 1460. The van der Waals surface area contributed by atoms with Crippen molar-refractivity contribution in [3.8, 4) is 0 Å². The van der Waals surface area contributed by atoms with Gasteiger partial charge in [-0.1, -0.05) is 99.0 Å². The lowest BCUT2D eigenvalue weighted by molar-refractivity contribution is -0.159. The van der Waals surface area contributed by atoms with Crippen LogP contribution < -0.4 is 0 Å². The lowest BCUT2D eigenvalue weighted by Crippen LogP contribution is -2.59. The van der Waals surface area contributed by atoms with Crippen molar-refractivity contribution in [2.45, 2.75) is 94.2 Å². The molecule has 47 heavy (non-hydrogen) atoms. The highest BCUT2D eigenvalue weighted by atomic mass is 16.5. The number of hydrogen-bond acceptors (Lipinski definition) is 5. The molecule has 6 atom stereocenters. The van der Waals surface area contributed by atoms with Gasteiger partial charge in [0.25, 0.3) is 0 Å². The monoisotopic (exact) mass is 639 g/mol. The average Bonchev–Trinajstić information content (AvgIpc) is 3.72. The van der Waals surface area contributed by atoms with Crippen LogP contribution in [0.4, 0.5) is 0 Å². The van der Waals surface area contributed by atoms with Crippen molar-refractivity contribution in [3.63, 3.8) is 0 Å². The molecule has 8 heteroatoms. The summed E-state index contributed by atoms with van der Waals surface area (Å²) in [4.78, 5) is 50.3. The zero-order valence-corrected chi connectivity index (χ0v) is 27.6. The van der Waals surface area contributed by atoms with Gasteiger partial charge in [0.1, 0.15) is 11.6 Å². The predicted molar refractivity (Wildman–Crippen MR) is 181 cm³/mol. The summed E-state index contributed by atoms with van der Waals surface area (Å²) in [5, 5.41) is 10.9. The maximum atomic E-state index is 15.1. The summed E-state index contributed by atoms with van der Waals surface area (Å²) in [7, 11) is 0. The Hall–Kier alpha value is -3.75. The first-order valence-corrected chi connectivity index (χ1v) is 17.4. The lowest BCUT2D eigenvalue weighted by atomic mass is 9.64. The number of nitrogens with zero attached hydrogens (tertiary/aromatic N) is 3. The smallest absolute Gasteiger partial charge is 0.248 e. The molecule has 3 saturated heterocycles. The Kier molecular flexibility index (Phi) is 9.72. The molecule has 0 radical (unpaired) electrons. The Labute approximate surface area is 279 Å². The fourth-order valence-corrected chi connectivity index (χ4v) is 9.17. The third-order valence-corrected chi connectivity index (χ3v) is 11.3. The minimum Gasteiger partial charge on any atom is -0.394 e. The Balaban J connectivity index is 1.46. The SMILES string of the molecule is C=CCN(Cc1ccccc1)C(=O)[C@@H]1[C@H]2C(=O)N([C@H](CO)c3ccccc3)C(C(=O)N(CC=C)C3CCCCC3)C23CC[C@@]1(CC)O3. The van der Waals surface area contributed by atoms with Crippen molar-refractivity contribution in [2.75, 3.05) is 19.7 Å². The van der Waals surface area contributed by atoms with Crippen LogP contribution in [0.5, 0.6) is 0 Å². The van der Waals surface area contributed by atoms with Crippen LogP contribution >= 0.6 is 0 Å². The van der Waals surface area contributed by atoms with Gasteiger partial charge in [-0.05, 0) is 43.2 Å². The molecule has 1 aliphatic carbocycles. The molecule has 4 fully saturated rings. The zero-order chi connectivity index (χ0) is 33.2. The van der Waals surface area contributed by atoms with Gasteiger partial charge < -0.3 is 24.5 Å². The topological polar surface area (TPSA) is 90.4 Å². The van der Waals surface area contributed by atoms with Gasteiger partial charge in [-0.15, -0.1) is 13.2 Å². The molecule has 3 amide bonds. The fraction of sp³-hybridized carbons (Fsp3) is 0.513. The zero-order valence-electron chi connectivity index (χ0n) is 27.6. The number of rotatable bonds is 13. The van der Waals surface area contributed by atoms with Crippen LogP contribution in [0.25, 0.3) is 0 Å². The van der Waals surface area contributed by atoms with E-state index in [0.717, 1.165) is 43.2 Å². The Morgan fingerprint density at radius 3 is 2.26 bits per heavy atom. The summed E-state index contributed by atoms with van der Waals surface area (Å²) in [6.45, 7) is 10.6. The van der Waals surface area contributed by atoms with Gasteiger partial charge >= 0.3 is 0 Å². The first kappa shape index (κ1) is 33.2. The van der Waals surface area contributed by atoms with Crippen molar-refractivity contribution >= 4 is 17.7 Å². The van der Waals surface area contributed by atoms with Gasteiger partial charge in [0.15, 0.2) is 0 Å². The van der Waals surface area contributed by atoms with E-state index in [4.69, 9.17) is 4.74 Å². The summed E-state index contributed by atoms with van der Waals surface area (Å²) in [6.07, 6.45) is 10.1. The largest absolute Gasteiger partial charge is 0.394 e. The lowest BCUT2D eigenvalue weighted by Gasteiger charge is -2.42. The van der Waals surface area contributed by atoms with Crippen molar-refractivity contribution in [1.29, 1.82) is 0 Å². The van der Waals surface area contributed by atoms with Gasteiger partial charge in [-0.3, -0.25) is 14.4 Å². The van der Waals surface area contributed by atoms with Crippen LogP contribution in [0, 0.1) is 11.8 Å². The molecule has 4 aliphatic rings. The molecule has 2 aromatic carbocycles. The predicted octanol–water partition coefficient (Wildman–Crippen LogP) is 5.44. The van der Waals surface area contributed by atoms with Crippen molar-refractivity contribution < 1.29 is 24.2 Å². The van der Waals surface area contributed by atoms with E-state index in [2.05, 4.69) is 13.2 Å². The number of carbonyl (C=O) groups excluding carboxylic acids is 3. The molecule has 2 bridgehead atoms. The number of aliphatic hydroxyl groups excluding tert-OH is 1. The van der Waals surface area contributed by atoms with Gasteiger partial charge in [-0.25, -0.2) is 0 Å². The quantitative estimate of drug-likeness (QED) is 0.295. The first-order chi connectivity index (χ1) is 22.9. The van der Waals surface area contributed by atoms with Crippen molar-refractivity contribution in [2.24, 2.45) is 11.8 Å². The van der Waals surface area contributed by atoms with Gasteiger partial charge in [0, 0.05) is 25.7 Å². The fourth-order valence-electron chi connectivity index (χ4n) is 9.17. The molecule has 1 N–H and O–H groups in total. The standard InChI is InChI=1S/C39H49N3O5/c1-4-24-40(26-28-16-10-7-11-17-28)35(44)32-33-36(45)42(31(27-43)29-18-12-8-13-19-29)34(39(33)23-22-38(32,6-3)47-39)37(46)41(25-5-2)30-20-14-9-15-21-30/h4-5,7-8,10-13,16-19,30-34,43H,1-2,6,9,14-15,20-27H2,3H3/t31-,32+,33+,34?,38-,39?/m1/s1. The summed E-state index contributed by atoms with van der Waals surface area (Å²) >= 11 is 0. The van der Waals surface area contributed by atoms with E-state index in [1.165, 1.54) is 0 Å². The molecule has 2 unspecified atom stereocenters. The number of benzene rings is 2.